The van der Waals surface area contributed by atoms with Crippen molar-refractivity contribution in [3.8, 4) is 5.75 Å². The Hall–Kier alpha value is -1.52. The number of benzene rings is 2. The van der Waals surface area contributed by atoms with Crippen molar-refractivity contribution in [1.82, 2.24) is 10.0 Å². The molecule has 11 heteroatoms. The van der Waals surface area contributed by atoms with Crippen molar-refractivity contribution < 1.29 is 26.3 Å². The number of rotatable bonds is 7. The number of sulfonamides is 1. The summed E-state index contributed by atoms with van der Waals surface area (Å²) in [5.74, 6) is -0.516. The Balaban J connectivity index is 2.24. The van der Waals surface area contributed by atoms with Crippen LogP contribution in [-0.2, 0) is 10.0 Å². The molecule has 0 bridgehead atoms. The van der Waals surface area contributed by atoms with E-state index >= 15 is 0 Å². The summed E-state index contributed by atoms with van der Waals surface area (Å²) < 4.78 is 68.0. The number of ether oxygens (including phenoxy) is 1. The molecule has 2 rings (SSSR count). The Kier molecular flexibility index (Phi) is 6.98. The summed E-state index contributed by atoms with van der Waals surface area (Å²) in [6, 6.07) is 7.92. The Morgan fingerprint density at radius 2 is 1.70 bits per heavy atom. The Morgan fingerprint density at radius 3 is 2.22 bits per heavy atom. The van der Waals surface area contributed by atoms with Crippen molar-refractivity contribution in [3.05, 3.63) is 58.1 Å². The Morgan fingerprint density at radius 1 is 1.07 bits per heavy atom. The third-order valence-corrected chi connectivity index (χ3v) is 5.65. The lowest BCUT2D eigenvalue weighted by Gasteiger charge is -2.19. The van der Waals surface area contributed by atoms with Crippen molar-refractivity contribution in [2.75, 3.05) is 13.6 Å². The Labute approximate surface area is 164 Å². The fraction of sp³-hybridized carbons (Fsp3) is 0.250. The normalized spacial score (nSPS) is 13.4. The van der Waals surface area contributed by atoms with Gasteiger partial charge in [0, 0.05) is 6.54 Å². The van der Waals surface area contributed by atoms with Gasteiger partial charge in [0.2, 0.25) is 10.0 Å². The number of hydrogen-bond donors (Lipinski definition) is 2. The van der Waals surface area contributed by atoms with E-state index in [1.165, 1.54) is 6.07 Å². The molecule has 5 nitrogen and oxygen atoms in total. The third kappa shape index (κ3) is 6.25. The maximum absolute atomic E-state index is 12.6. The molecule has 0 radical (unpaired) electrons. The molecule has 2 aromatic carbocycles. The highest BCUT2D eigenvalue weighted by atomic mass is 35.5. The average molecular weight is 443 g/mol. The van der Waals surface area contributed by atoms with Crippen molar-refractivity contribution in [2.24, 2.45) is 0 Å². The molecule has 1 atom stereocenters. The summed E-state index contributed by atoms with van der Waals surface area (Å²) in [5, 5.41) is 3.45. The van der Waals surface area contributed by atoms with Crippen LogP contribution in [0.3, 0.4) is 0 Å². The van der Waals surface area contributed by atoms with E-state index in [1.54, 1.807) is 19.2 Å². The van der Waals surface area contributed by atoms with Crippen LogP contribution in [0.2, 0.25) is 10.0 Å². The van der Waals surface area contributed by atoms with Crippen molar-refractivity contribution in [2.45, 2.75) is 17.3 Å². The van der Waals surface area contributed by atoms with Crippen LogP contribution in [-0.4, -0.2) is 28.4 Å². The van der Waals surface area contributed by atoms with Crippen molar-refractivity contribution in [3.63, 3.8) is 0 Å². The zero-order chi connectivity index (χ0) is 20.2. The number of alkyl halides is 3. The third-order valence-electron chi connectivity index (χ3n) is 3.42. The van der Waals surface area contributed by atoms with Gasteiger partial charge in [0.25, 0.3) is 0 Å². The van der Waals surface area contributed by atoms with Gasteiger partial charge in [-0.05, 0) is 49.0 Å². The van der Waals surface area contributed by atoms with E-state index < -0.39 is 28.2 Å². The highest BCUT2D eigenvalue weighted by Crippen LogP contribution is 2.27. The maximum atomic E-state index is 12.6. The predicted molar refractivity (Wildman–Crippen MR) is 96.6 cm³/mol. The van der Waals surface area contributed by atoms with Gasteiger partial charge in [-0.2, -0.15) is 0 Å². The molecule has 0 aliphatic rings. The molecule has 0 saturated heterocycles. The van der Waals surface area contributed by atoms with Gasteiger partial charge in [-0.1, -0.05) is 29.3 Å². The molecule has 148 valence electrons. The van der Waals surface area contributed by atoms with Crippen molar-refractivity contribution in [1.29, 1.82) is 0 Å². The highest BCUT2D eigenvalue weighted by molar-refractivity contribution is 7.89. The SMILES string of the molecule is CNC[C@H](NS(=O)(=O)c1ccc(OC(F)(F)F)cc1)c1ccc(Cl)c(Cl)c1. The fourth-order valence-corrected chi connectivity index (χ4v) is 3.77. The molecule has 2 aromatic rings. The minimum atomic E-state index is -4.86. The Bertz CT molecular complexity index is 891. The fourth-order valence-electron chi connectivity index (χ4n) is 2.24. The maximum Gasteiger partial charge on any atom is 0.573 e. The highest BCUT2D eigenvalue weighted by Gasteiger charge is 2.31. The lowest BCUT2D eigenvalue weighted by atomic mass is 10.1. The molecule has 0 unspecified atom stereocenters. The molecule has 0 aromatic heterocycles. The number of nitrogens with one attached hydrogen (secondary N) is 2. The number of likely N-dealkylation sites (N-methyl/N-ethyl adjacent to an activating group) is 1. The van der Waals surface area contributed by atoms with E-state index in [9.17, 15) is 21.6 Å². The van der Waals surface area contributed by atoms with Crippen LogP contribution < -0.4 is 14.8 Å². The first-order chi connectivity index (χ1) is 12.5. The van der Waals surface area contributed by atoms with Crippen LogP contribution in [0, 0.1) is 0 Å². The van der Waals surface area contributed by atoms with E-state index in [-0.39, 0.29) is 16.5 Å². The average Bonchev–Trinajstić information content (AvgIpc) is 2.56. The van der Waals surface area contributed by atoms with Gasteiger partial charge in [-0.15, -0.1) is 13.2 Å². The largest absolute Gasteiger partial charge is 0.573 e. The smallest absolute Gasteiger partial charge is 0.406 e. The minimum Gasteiger partial charge on any atom is -0.406 e. The molecule has 0 saturated carbocycles. The van der Waals surface area contributed by atoms with E-state index in [0.717, 1.165) is 24.3 Å². The predicted octanol–water partition coefficient (Wildman–Crippen LogP) is 4.13. The zero-order valence-electron chi connectivity index (χ0n) is 13.8. The topological polar surface area (TPSA) is 67.4 Å². The molecule has 27 heavy (non-hydrogen) atoms. The first-order valence-electron chi connectivity index (χ1n) is 7.49. The van der Waals surface area contributed by atoms with Gasteiger partial charge in [-0.3, -0.25) is 0 Å². The van der Waals surface area contributed by atoms with Crippen LogP contribution in [0.25, 0.3) is 0 Å². The molecule has 2 N–H and O–H groups in total. The summed E-state index contributed by atoms with van der Waals surface area (Å²) in [6.45, 7) is 0.243. The lowest BCUT2D eigenvalue weighted by Crippen LogP contribution is -2.34. The van der Waals surface area contributed by atoms with Gasteiger partial charge in [0.05, 0.1) is 21.0 Å². The summed E-state index contributed by atoms with van der Waals surface area (Å²) in [5.41, 5.74) is 0.569. The summed E-state index contributed by atoms with van der Waals surface area (Å²) in [6.07, 6.45) is -4.86. The summed E-state index contributed by atoms with van der Waals surface area (Å²) in [7, 11) is -2.38. The molecule has 0 heterocycles. The number of halogens is 5. The second-order valence-corrected chi connectivity index (χ2v) is 7.95. The molecule has 0 spiro atoms. The molecule has 0 fully saturated rings. The standard InChI is InChI=1S/C16H15Cl2F3N2O3S/c1-22-9-15(10-2-7-13(17)14(18)8-10)23-27(24,25)12-5-3-11(4-6-12)26-16(19,20)21/h2-8,15,22-23H,9H2,1H3/t15-/m0/s1. The molecular weight excluding hydrogens is 428 g/mol. The molecule has 0 aliphatic heterocycles. The van der Waals surface area contributed by atoms with Gasteiger partial charge in [-0.25, -0.2) is 13.1 Å². The molecular formula is C16H15Cl2F3N2O3S. The second kappa shape index (κ2) is 8.66. The van der Waals surface area contributed by atoms with E-state index in [0.29, 0.717) is 10.6 Å². The first-order valence-corrected chi connectivity index (χ1v) is 9.73. The first kappa shape index (κ1) is 21.8. The molecule has 0 amide bonds. The van der Waals surface area contributed by atoms with Crippen LogP contribution >= 0.6 is 23.2 Å². The lowest BCUT2D eigenvalue weighted by molar-refractivity contribution is -0.274. The quantitative estimate of drug-likeness (QED) is 0.676. The zero-order valence-corrected chi connectivity index (χ0v) is 16.2. The summed E-state index contributed by atoms with van der Waals surface area (Å²) in [4.78, 5) is -0.210. The van der Waals surface area contributed by atoms with E-state index in [4.69, 9.17) is 23.2 Å². The minimum absolute atomic E-state index is 0.210. The van der Waals surface area contributed by atoms with Crippen molar-refractivity contribution >= 4 is 33.2 Å². The second-order valence-electron chi connectivity index (χ2n) is 5.42. The van der Waals surface area contributed by atoms with Gasteiger partial charge < -0.3 is 10.1 Å². The van der Waals surface area contributed by atoms with E-state index in [2.05, 4.69) is 14.8 Å². The number of hydrogen-bond acceptors (Lipinski definition) is 4. The van der Waals surface area contributed by atoms with Gasteiger partial charge in [0.1, 0.15) is 5.75 Å². The van der Waals surface area contributed by atoms with Crippen LogP contribution in [0.15, 0.2) is 47.4 Å². The molecule has 0 aliphatic carbocycles. The van der Waals surface area contributed by atoms with Gasteiger partial charge >= 0.3 is 6.36 Å². The van der Waals surface area contributed by atoms with Crippen LogP contribution in [0.5, 0.6) is 5.75 Å². The van der Waals surface area contributed by atoms with Gasteiger partial charge in [0.15, 0.2) is 0 Å². The van der Waals surface area contributed by atoms with Crippen LogP contribution in [0.4, 0.5) is 13.2 Å². The van der Waals surface area contributed by atoms with E-state index in [1.807, 2.05) is 0 Å². The van der Waals surface area contributed by atoms with Crippen LogP contribution in [0.1, 0.15) is 11.6 Å². The monoisotopic (exact) mass is 442 g/mol. The summed E-state index contributed by atoms with van der Waals surface area (Å²) >= 11 is 11.9.